The van der Waals surface area contributed by atoms with Crippen LogP contribution in [0.15, 0.2) is 17.1 Å². The molecule has 0 aliphatic rings. The molecular weight excluding hydrogens is 156 g/mol. The Balaban J connectivity index is 2.98. The number of fused-ring (bicyclic) bond motifs is 1. The van der Waals surface area contributed by atoms with Gasteiger partial charge in [-0.15, -0.1) is 5.10 Å². The van der Waals surface area contributed by atoms with E-state index in [-0.39, 0.29) is 5.56 Å². The molecule has 0 saturated carbocycles. The molecule has 60 valence electrons. The van der Waals surface area contributed by atoms with Crippen LogP contribution >= 0.6 is 0 Å². The maximum atomic E-state index is 11.1. The summed E-state index contributed by atoms with van der Waals surface area (Å²) in [6.45, 7) is 1.78. The number of aryl methyl sites for hydroxylation is 1. The van der Waals surface area contributed by atoms with Crippen LogP contribution in [0.5, 0.6) is 0 Å². The zero-order valence-electron chi connectivity index (χ0n) is 6.40. The molecule has 12 heavy (non-hydrogen) atoms. The second-order valence-corrected chi connectivity index (χ2v) is 2.48. The molecule has 0 saturated heterocycles. The quantitative estimate of drug-likeness (QED) is 0.592. The predicted octanol–water partition coefficient (Wildman–Crippen LogP) is 0.0215. The lowest BCUT2D eigenvalue weighted by Crippen LogP contribution is -2.08. The molecule has 0 unspecified atom stereocenters. The van der Waals surface area contributed by atoms with Crippen molar-refractivity contribution in [2.45, 2.75) is 6.92 Å². The summed E-state index contributed by atoms with van der Waals surface area (Å²) in [4.78, 5) is 11.1. The number of aromatic nitrogens is 4. The smallest absolute Gasteiger partial charge is 0.267 e. The third-order valence-electron chi connectivity index (χ3n) is 1.54. The van der Waals surface area contributed by atoms with Gasteiger partial charge in [0.25, 0.3) is 5.56 Å². The second-order valence-electron chi connectivity index (χ2n) is 2.48. The summed E-state index contributed by atoms with van der Waals surface area (Å²) in [6, 6.07) is 1.68. The van der Waals surface area contributed by atoms with Crippen LogP contribution in [-0.2, 0) is 0 Å². The molecule has 0 amide bonds. The number of nitrogens with zero attached hydrogens (tertiary/aromatic N) is 3. The van der Waals surface area contributed by atoms with Gasteiger partial charge in [-0.3, -0.25) is 4.79 Å². The minimum Gasteiger partial charge on any atom is -0.267 e. The Morgan fingerprint density at radius 3 is 3.08 bits per heavy atom. The first-order chi connectivity index (χ1) is 5.77. The Bertz CT molecular complexity index is 476. The fourth-order valence-electron chi connectivity index (χ4n) is 0.988. The summed E-state index contributed by atoms with van der Waals surface area (Å²) < 4.78 is 0. The van der Waals surface area contributed by atoms with Gasteiger partial charge in [-0.1, -0.05) is 0 Å². The Hall–Kier alpha value is -1.78. The highest BCUT2D eigenvalue weighted by Gasteiger charge is 1.99. The molecule has 2 rings (SSSR count). The van der Waals surface area contributed by atoms with Crippen molar-refractivity contribution >= 4 is 10.9 Å². The van der Waals surface area contributed by atoms with E-state index >= 15 is 0 Å². The van der Waals surface area contributed by atoms with Crippen LogP contribution in [0.2, 0.25) is 0 Å². The van der Waals surface area contributed by atoms with Crippen molar-refractivity contribution in [2.75, 3.05) is 0 Å². The van der Waals surface area contributed by atoms with Crippen LogP contribution in [0.25, 0.3) is 10.9 Å². The van der Waals surface area contributed by atoms with Crippen LogP contribution in [0.3, 0.4) is 0 Å². The summed E-state index contributed by atoms with van der Waals surface area (Å²) in [7, 11) is 0. The van der Waals surface area contributed by atoms with Gasteiger partial charge in [0.2, 0.25) is 0 Å². The average molecular weight is 162 g/mol. The van der Waals surface area contributed by atoms with Crippen LogP contribution < -0.4 is 5.56 Å². The fraction of sp³-hybridized carbons (Fsp3) is 0.143. The molecule has 0 aliphatic carbocycles. The third kappa shape index (κ3) is 0.952. The largest absolute Gasteiger partial charge is 0.273 e. The van der Waals surface area contributed by atoms with Gasteiger partial charge < -0.3 is 0 Å². The van der Waals surface area contributed by atoms with Gasteiger partial charge in [-0.05, 0) is 13.0 Å². The van der Waals surface area contributed by atoms with Crippen molar-refractivity contribution < 1.29 is 0 Å². The van der Waals surface area contributed by atoms with Crippen molar-refractivity contribution in [2.24, 2.45) is 0 Å². The van der Waals surface area contributed by atoms with Crippen LogP contribution in [0.1, 0.15) is 5.69 Å². The Kier molecular flexibility index (Phi) is 1.36. The van der Waals surface area contributed by atoms with E-state index in [0.29, 0.717) is 10.9 Å². The van der Waals surface area contributed by atoms with Crippen LogP contribution in [-0.4, -0.2) is 20.4 Å². The minimum absolute atomic E-state index is 0.231. The van der Waals surface area contributed by atoms with E-state index in [4.69, 9.17) is 0 Å². The van der Waals surface area contributed by atoms with Crippen molar-refractivity contribution in [1.82, 2.24) is 20.4 Å². The summed E-state index contributed by atoms with van der Waals surface area (Å²) in [5, 5.41) is 14.1. The highest BCUT2D eigenvalue weighted by atomic mass is 16.1. The van der Waals surface area contributed by atoms with Gasteiger partial charge in [0.1, 0.15) is 5.52 Å². The molecule has 1 N–H and O–H groups in total. The first-order valence-electron chi connectivity index (χ1n) is 3.45. The molecule has 0 aliphatic heterocycles. The van der Waals surface area contributed by atoms with Crippen molar-refractivity contribution in [3.63, 3.8) is 0 Å². The average Bonchev–Trinajstić information content (AvgIpc) is 2.07. The van der Waals surface area contributed by atoms with Gasteiger partial charge in [0.15, 0.2) is 0 Å². The molecule has 0 atom stereocenters. The zero-order valence-corrected chi connectivity index (χ0v) is 6.40. The van der Waals surface area contributed by atoms with Crippen molar-refractivity contribution in [3.05, 3.63) is 28.3 Å². The molecule has 0 bridgehead atoms. The molecule has 5 nitrogen and oxygen atoms in total. The van der Waals surface area contributed by atoms with Gasteiger partial charge in [-0.2, -0.15) is 10.2 Å². The Morgan fingerprint density at radius 2 is 2.25 bits per heavy atom. The normalized spacial score (nSPS) is 10.4. The SMILES string of the molecule is Cc1cc2c(=O)[nH]ncc2nn1. The molecule has 2 aromatic rings. The van der Waals surface area contributed by atoms with Gasteiger partial charge in [0, 0.05) is 0 Å². The summed E-state index contributed by atoms with van der Waals surface area (Å²) >= 11 is 0. The van der Waals surface area contributed by atoms with Gasteiger partial charge in [-0.25, -0.2) is 5.10 Å². The van der Waals surface area contributed by atoms with E-state index in [1.807, 2.05) is 0 Å². The van der Waals surface area contributed by atoms with E-state index < -0.39 is 0 Å². The monoisotopic (exact) mass is 162 g/mol. The van der Waals surface area contributed by atoms with Crippen molar-refractivity contribution in [3.8, 4) is 0 Å². The minimum atomic E-state index is -0.231. The predicted molar refractivity (Wildman–Crippen MR) is 42.7 cm³/mol. The maximum Gasteiger partial charge on any atom is 0.273 e. The Labute approximate surface area is 67.5 Å². The number of nitrogens with one attached hydrogen (secondary N) is 1. The molecule has 0 spiro atoms. The lowest BCUT2D eigenvalue weighted by molar-refractivity contribution is 0.967. The molecule has 2 heterocycles. The topological polar surface area (TPSA) is 71.5 Å². The summed E-state index contributed by atoms with van der Waals surface area (Å²) in [5.74, 6) is 0. The van der Waals surface area contributed by atoms with Gasteiger partial charge >= 0.3 is 0 Å². The highest BCUT2D eigenvalue weighted by Crippen LogP contribution is 2.02. The fourth-order valence-corrected chi connectivity index (χ4v) is 0.988. The summed E-state index contributed by atoms with van der Waals surface area (Å²) in [5.41, 5.74) is 1.01. The van der Waals surface area contributed by atoms with E-state index in [0.717, 1.165) is 5.69 Å². The van der Waals surface area contributed by atoms with E-state index in [1.165, 1.54) is 6.20 Å². The number of hydrogen-bond acceptors (Lipinski definition) is 4. The summed E-state index contributed by atoms with van der Waals surface area (Å²) in [6.07, 6.45) is 1.48. The standard InChI is InChI=1S/C7H6N4O/c1-4-2-5-6(10-9-4)3-8-11-7(5)12/h2-3H,1H3,(H,11,12). The number of hydrogen-bond donors (Lipinski definition) is 1. The first-order valence-corrected chi connectivity index (χ1v) is 3.45. The highest BCUT2D eigenvalue weighted by molar-refractivity contribution is 5.75. The molecule has 0 fully saturated rings. The number of aromatic amines is 1. The van der Waals surface area contributed by atoms with E-state index in [2.05, 4.69) is 20.4 Å². The molecule has 0 radical (unpaired) electrons. The Morgan fingerprint density at radius 1 is 1.42 bits per heavy atom. The van der Waals surface area contributed by atoms with Gasteiger partial charge in [0.05, 0.1) is 17.3 Å². The van der Waals surface area contributed by atoms with Crippen molar-refractivity contribution in [1.29, 1.82) is 0 Å². The molecule has 5 heteroatoms. The third-order valence-corrected chi connectivity index (χ3v) is 1.54. The molecule has 2 aromatic heterocycles. The lowest BCUT2D eigenvalue weighted by Gasteiger charge is -1.93. The molecule has 0 aromatic carbocycles. The lowest BCUT2D eigenvalue weighted by atomic mass is 10.3. The zero-order chi connectivity index (χ0) is 8.55. The first kappa shape index (κ1) is 6.90. The van der Waals surface area contributed by atoms with Crippen LogP contribution in [0.4, 0.5) is 0 Å². The second kappa shape index (κ2) is 2.37. The maximum absolute atomic E-state index is 11.1. The van der Waals surface area contributed by atoms with Crippen LogP contribution in [0, 0.1) is 6.92 Å². The van der Waals surface area contributed by atoms with E-state index in [9.17, 15) is 4.79 Å². The number of rotatable bonds is 0. The molecular formula is C7H6N4O. The van der Waals surface area contributed by atoms with E-state index in [1.54, 1.807) is 13.0 Å². The number of H-pyrrole nitrogens is 1.